The van der Waals surface area contributed by atoms with Gasteiger partial charge in [0.15, 0.2) is 0 Å². The van der Waals surface area contributed by atoms with Gasteiger partial charge < -0.3 is 10.0 Å². The third-order valence-corrected chi connectivity index (χ3v) is 10.4. The van der Waals surface area contributed by atoms with Gasteiger partial charge in [-0.3, -0.25) is 4.79 Å². The van der Waals surface area contributed by atoms with E-state index in [0.29, 0.717) is 23.8 Å². The van der Waals surface area contributed by atoms with Crippen LogP contribution in [-0.4, -0.2) is 34.6 Å². The number of fused-ring (bicyclic) bond motifs is 5. The minimum absolute atomic E-state index is 0.284. The maximum Gasteiger partial charge on any atom is 0.222 e. The lowest BCUT2D eigenvalue weighted by atomic mass is 9.44. The maximum atomic E-state index is 12.4. The maximum absolute atomic E-state index is 12.4. The van der Waals surface area contributed by atoms with Crippen LogP contribution in [0.5, 0.6) is 0 Å². The first-order valence-corrected chi connectivity index (χ1v) is 11.5. The molecule has 4 aliphatic rings. The molecule has 3 saturated carbocycles. The second kappa shape index (κ2) is 6.21. The van der Waals surface area contributed by atoms with Crippen LogP contribution in [0.3, 0.4) is 0 Å². The van der Waals surface area contributed by atoms with Gasteiger partial charge in [0.25, 0.3) is 0 Å². The lowest BCUT2D eigenvalue weighted by Crippen LogP contribution is -2.63. The third kappa shape index (κ3) is 2.59. The number of rotatable bonds is 2. The summed E-state index contributed by atoms with van der Waals surface area (Å²) in [6, 6.07) is 0.426. The number of amides is 1. The van der Waals surface area contributed by atoms with E-state index in [0.717, 1.165) is 37.0 Å². The smallest absolute Gasteiger partial charge is 0.222 e. The van der Waals surface area contributed by atoms with E-state index in [-0.39, 0.29) is 10.8 Å². The Morgan fingerprint density at radius 2 is 1.81 bits per heavy atom. The van der Waals surface area contributed by atoms with Crippen LogP contribution >= 0.6 is 0 Å². The van der Waals surface area contributed by atoms with Gasteiger partial charge in [-0.2, -0.15) is 0 Å². The first-order valence-electron chi connectivity index (χ1n) is 11.5. The van der Waals surface area contributed by atoms with Gasteiger partial charge in [0.2, 0.25) is 5.91 Å². The number of carbonyl (C=O) groups is 1. The van der Waals surface area contributed by atoms with Gasteiger partial charge in [0.1, 0.15) is 0 Å². The fraction of sp³-hybridized carbons (Fsp3) is 0.958. The monoisotopic (exact) mass is 375 g/mol. The molecule has 1 saturated heterocycles. The molecule has 154 valence electrons. The van der Waals surface area contributed by atoms with Crippen molar-refractivity contribution in [3.8, 4) is 0 Å². The highest BCUT2D eigenvalue weighted by Gasteiger charge is 2.64. The number of piperidine rings is 1. The summed E-state index contributed by atoms with van der Waals surface area (Å²) in [6.45, 7) is 11.7. The fourth-order valence-electron chi connectivity index (χ4n) is 8.73. The van der Waals surface area contributed by atoms with Gasteiger partial charge in [-0.25, -0.2) is 0 Å². The predicted octanol–water partition coefficient (Wildman–Crippen LogP) is 4.87. The Labute approximate surface area is 166 Å². The van der Waals surface area contributed by atoms with E-state index in [2.05, 4.69) is 46.6 Å². The van der Waals surface area contributed by atoms with Crippen LogP contribution in [-0.2, 0) is 4.79 Å². The molecule has 4 fully saturated rings. The zero-order chi connectivity index (χ0) is 19.8. The van der Waals surface area contributed by atoms with Gasteiger partial charge in [-0.15, -0.1) is 0 Å². The van der Waals surface area contributed by atoms with Gasteiger partial charge in [-0.05, 0) is 92.3 Å². The largest absolute Gasteiger partial charge is 0.390 e. The zero-order valence-electron chi connectivity index (χ0n) is 18.4. The average molecular weight is 376 g/mol. The molecule has 4 rings (SSSR count). The summed E-state index contributed by atoms with van der Waals surface area (Å²) in [4.78, 5) is 14.5. The molecular formula is C24H41NO2. The molecule has 1 aliphatic heterocycles. The minimum Gasteiger partial charge on any atom is -0.390 e. The molecule has 3 nitrogen and oxygen atoms in total. The first kappa shape index (κ1) is 19.7. The Morgan fingerprint density at radius 3 is 2.48 bits per heavy atom. The van der Waals surface area contributed by atoms with E-state index < -0.39 is 5.60 Å². The fourth-order valence-corrected chi connectivity index (χ4v) is 8.73. The standard InChI is InChI=1S/C24H41NO2/c1-7-24(5,27)18-9-8-16-21-15(2)14-19-23(4,13-11-20(26)25(19)6)17(21)10-12-22(16,18)3/h15-19,21,27H,7-14H2,1-6H3/t15-,16-,17-,18-,19+,21-,22-,23+,24-/m0/s1. The van der Waals surface area contributed by atoms with Gasteiger partial charge in [0, 0.05) is 19.5 Å². The SMILES string of the molecule is CC[C@](C)(O)[C@H]1CC[C@H]2[C@@H]3[C@@H](C)C[C@H]4N(C)C(=O)CC[C@]4(C)[C@H]3CC[C@@]21C. The Kier molecular flexibility index (Phi) is 4.54. The molecule has 0 unspecified atom stereocenters. The van der Waals surface area contributed by atoms with Crippen molar-refractivity contribution in [3.05, 3.63) is 0 Å². The molecule has 0 aromatic rings. The van der Waals surface area contributed by atoms with E-state index in [9.17, 15) is 9.90 Å². The predicted molar refractivity (Wildman–Crippen MR) is 109 cm³/mol. The number of hydrogen-bond acceptors (Lipinski definition) is 2. The van der Waals surface area contributed by atoms with Crippen LogP contribution in [0.2, 0.25) is 0 Å². The normalized spacial score (nSPS) is 52.0. The number of aliphatic hydroxyl groups is 1. The molecular weight excluding hydrogens is 334 g/mol. The molecule has 1 N–H and O–H groups in total. The number of nitrogens with zero attached hydrogens (tertiary/aromatic N) is 1. The van der Waals surface area contributed by atoms with Crippen molar-refractivity contribution in [3.63, 3.8) is 0 Å². The summed E-state index contributed by atoms with van der Waals surface area (Å²) >= 11 is 0. The molecule has 3 aliphatic carbocycles. The molecule has 1 heterocycles. The molecule has 1 amide bonds. The second-order valence-corrected chi connectivity index (χ2v) is 11.4. The van der Waals surface area contributed by atoms with Crippen molar-refractivity contribution >= 4 is 5.91 Å². The van der Waals surface area contributed by atoms with E-state index in [1.165, 1.54) is 32.1 Å². The topological polar surface area (TPSA) is 40.5 Å². The zero-order valence-corrected chi connectivity index (χ0v) is 18.4. The van der Waals surface area contributed by atoms with Gasteiger partial charge >= 0.3 is 0 Å². The van der Waals surface area contributed by atoms with E-state index in [4.69, 9.17) is 0 Å². The van der Waals surface area contributed by atoms with Gasteiger partial charge in [-0.1, -0.05) is 27.7 Å². The van der Waals surface area contributed by atoms with Crippen LogP contribution in [0.25, 0.3) is 0 Å². The molecule has 0 bridgehead atoms. The molecule has 9 atom stereocenters. The molecule has 27 heavy (non-hydrogen) atoms. The Balaban J connectivity index is 1.67. The van der Waals surface area contributed by atoms with E-state index in [1.807, 2.05) is 0 Å². The van der Waals surface area contributed by atoms with Crippen molar-refractivity contribution in [2.75, 3.05) is 7.05 Å². The number of likely N-dealkylation sites (tertiary alicyclic amines) is 1. The summed E-state index contributed by atoms with van der Waals surface area (Å²) in [5.41, 5.74) is 0.0409. The van der Waals surface area contributed by atoms with E-state index >= 15 is 0 Å². The Morgan fingerprint density at radius 1 is 1.15 bits per heavy atom. The van der Waals surface area contributed by atoms with Crippen LogP contribution in [0, 0.1) is 40.4 Å². The highest BCUT2D eigenvalue weighted by molar-refractivity contribution is 5.77. The van der Waals surface area contributed by atoms with Crippen LogP contribution in [0.4, 0.5) is 0 Å². The highest BCUT2D eigenvalue weighted by atomic mass is 16.3. The summed E-state index contributed by atoms with van der Waals surface area (Å²) in [6.07, 6.45) is 8.86. The lowest BCUT2D eigenvalue weighted by Gasteiger charge is -2.64. The first-order chi connectivity index (χ1) is 12.6. The summed E-state index contributed by atoms with van der Waals surface area (Å²) in [5, 5.41) is 11.1. The van der Waals surface area contributed by atoms with Crippen molar-refractivity contribution in [2.45, 2.75) is 97.6 Å². The van der Waals surface area contributed by atoms with Crippen molar-refractivity contribution in [1.29, 1.82) is 0 Å². The second-order valence-electron chi connectivity index (χ2n) is 11.4. The van der Waals surface area contributed by atoms with E-state index in [1.54, 1.807) is 0 Å². The summed E-state index contributed by atoms with van der Waals surface area (Å²) in [7, 11) is 2.05. The molecule has 0 aromatic heterocycles. The minimum atomic E-state index is -0.530. The third-order valence-electron chi connectivity index (χ3n) is 10.4. The van der Waals surface area contributed by atoms with Crippen molar-refractivity contribution < 1.29 is 9.90 Å². The molecule has 0 radical (unpaired) electrons. The Bertz CT molecular complexity index is 616. The van der Waals surface area contributed by atoms with Crippen molar-refractivity contribution in [2.24, 2.45) is 40.4 Å². The summed E-state index contributed by atoms with van der Waals surface area (Å²) < 4.78 is 0. The quantitative estimate of drug-likeness (QED) is 0.748. The van der Waals surface area contributed by atoms with Crippen molar-refractivity contribution in [1.82, 2.24) is 4.90 Å². The Hall–Kier alpha value is -0.570. The molecule has 0 aromatic carbocycles. The molecule has 3 heteroatoms. The average Bonchev–Trinajstić information content (AvgIpc) is 2.98. The van der Waals surface area contributed by atoms with Gasteiger partial charge in [0.05, 0.1) is 5.60 Å². The number of carbonyl (C=O) groups excluding carboxylic acids is 1. The lowest BCUT2D eigenvalue weighted by molar-refractivity contribution is -0.172. The number of hydrogen-bond donors (Lipinski definition) is 1. The van der Waals surface area contributed by atoms with Crippen LogP contribution in [0.15, 0.2) is 0 Å². The highest BCUT2D eigenvalue weighted by Crippen LogP contribution is 2.68. The summed E-state index contributed by atoms with van der Waals surface area (Å²) in [5.74, 6) is 3.72. The molecule has 0 spiro atoms. The van der Waals surface area contributed by atoms with Crippen LogP contribution < -0.4 is 0 Å². The van der Waals surface area contributed by atoms with Crippen LogP contribution in [0.1, 0.15) is 86.0 Å².